The van der Waals surface area contributed by atoms with E-state index >= 15 is 0 Å². The summed E-state index contributed by atoms with van der Waals surface area (Å²) in [7, 11) is 0. The summed E-state index contributed by atoms with van der Waals surface area (Å²) in [5.41, 5.74) is -3.47. The highest BCUT2D eigenvalue weighted by Gasteiger charge is 2.57. The first-order valence-corrected chi connectivity index (χ1v) is 3.12. The second-order valence-electron chi connectivity index (χ2n) is 2.67. The van der Waals surface area contributed by atoms with E-state index in [4.69, 9.17) is 5.11 Å². The van der Waals surface area contributed by atoms with Crippen molar-refractivity contribution in [2.75, 3.05) is 6.61 Å². The summed E-state index contributed by atoms with van der Waals surface area (Å²) in [6, 6.07) is 0. The van der Waals surface area contributed by atoms with E-state index in [1.54, 1.807) is 0 Å². The Morgan fingerprint density at radius 2 is 1.55 bits per heavy atom. The molecule has 1 N–H and O–H groups in total. The number of aliphatic hydroxyl groups excluding tert-OH is 1. The van der Waals surface area contributed by atoms with Crippen LogP contribution in [-0.4, -0.2) is 23.6 Å². The van der Waals surface area contributed by atoms with Crippen LogP contribution in [0.15, 0.2) is 0 Å². The SMILES string of the molecule is CC(C)C(F)(CO)C(F)(F)F. The summed E-state index contributed by atoms with van der Waals surface area (Å²) in [5, 5.41) is 8.20. The minimum absolute atomic E-state index is 1.07. The van der Waals surface area contributed by atoms with Gasteiger partial charge in [-0.2, -0.15) is 13.2 Å². The predicted molar refractivity (Wildman–Crippen MR) is 31.8 cm³/mol. The van der Waals surface area contributed by atoms with Gasteiger partial charge in [-0.05, 0) is 5.92 Å². The molecule has 0 aliphatic rings. The van der Waals surface area contributed by atoms with Gasteiger partial charge in [0.2, 0.25) is 5.67 Å². The summed E-state index contributed by atoms with van der Waals surface area (Å²) >= 11 is 0. The standard InChI is InChI=1S/C6H10F4O/c1-4(2)5(7,3-11)6(8,9)10/h4,11H,3H2,1-2H3. The molecule has 5 heteroatoms. The van der Waals surface area contributed by atoms with Crippen LogP contribution < -0.4 is 0 Å². The van der Waals surface area contributed by atoms with Crippen molar-refractivity contribution in [1.82, 2.24) is 0 Å². The second-order valence-corrected chi connectivity index (χ2v) is 2.67. The van der Waals surface area contributed by atoms with Crippen molar-refractivity contribution in [2.45, 2.75) is 25.7 Å². The summed E-state index contributed by atoms with van der Waals surface area (Å²) < 4.78 is 48.2. The second kappa shape index (κ2) is 2.97. The highest BCUT2D eigenvalue weighted by molar-refractivity contribution is 4.89. The molecule has 0 aliphatic carbocycles. The maximum Gasteiger partial charge on any atom is 0.425 e. The largest absolute Gasteiger partial charge is 0.425 e. The molecular weight excluding hydrogens is 164 g/mol. The van der Waals surface area contributed by atoms with E-state index in [-0.39, 0.29) is 0 Å². The number of aliphatic hydroxyl groups is 1. The van der Waals surface area contributed by atoms with E-state index in [1.807, 2.05) is 0 Å². The maximum atomic E-state index is 12.8. The van der Waals surface area contributed by atoms with Gasteiger partial charge in [0, 0.05) is 0 Å². The van der Waals surface area contributed by atoms with Gasteiger partial charge in [-0.1, -0.05) is 13.8 Å². The lowest BCUT2D eigenvalue weighted by Gasteiger charge is -2.29. The van der Waals surface area contributed by atoms with Crippen LogP contribution in [0.4, 0.5) is 17.6 Å². The van der Waals surface area contributed by atoms with Gasteiger partial charge in [-0.25, -0.2) is 4.39 Å². The average molecular weight is 174 g/mol. The van der Waals surface area contributed by atoms with Crippen molar-refractivity contribution in [3.8, 4) is 0 Å². The zero-order chi connectivity index (χ0) is 9.28. The van der Waals surface area contributed by atoms with Gasteiger partial charge in [0.1, 0.15) is 0 Å². The Morgan fingerprint density at radius 1 is 1.18 bits per heavy atom. The molecule has 0 aromatic heterocycles. The molecule has 1 nitrogen and oxygen atoms in total. The highest BCUT2D eigenvalue weighted by Crippen LogP contribution is 2.39. The smallest absolute Gasteiger partial charge is 0.393 e. The number of rotatable bonds is 2. The number of halogens is 4. The van der Waals surface area contributed by atoms with Crippen LogP contribution in [-0.2, 0) is 0 Å². The molecular formula is C6H10F4O. The van der Waals surface area contributed by atoms with Gasteiger partial charge in [-0.15, -0.1) is 0 Å². The average Bonchev–Trinajstić information content (AvgIpc) is 1.83. The molecule has 0 heterocycles. The van der Waals surface area contributed by atoms with Gasteiger partial charge in [0.15, 0.2) is 0 Å². The molecule has 1 atom stereocenters. The Bertz CT molecular complexity index is 131. The molecule has 0 spiro atoms. The molecule has 0 bridgehead atoms. The molecule has 0 aliphatic heterocycles. The molecule has 0 saturated carbocycles. The first-order valence-electron chi connectivity index (χ1n) is 3.12. The predicted octanol–water partition coefficient (Wildman–Crippen LogP) is 1.91. The van der Waals surface area contributed by atoms with Gasteiger partial charge < -0.3 is 5.11 Å². The number of hydrogen-bond acceptors (Lipinski definition) is 1. The van der Waals surface area contributed by atoms with E-state index in [0.717, 1.165) is 13.8 Å². The third kappa shape index (κ3) is 1.83. The molecule has 11 heavy (non-hydrogen) atoms. The zero-order valence-electron chi connectivity index (χ0n) is 6.24. The molecule has 0 rings (SSSR count). The van der Waals surface area contributed by atoms with E-state index in [2.05, 4.69) is 0 Å². The van der Waals surface area contributed by atoms with Crippen molar-refractivity contribution in [1.29, 1.82) is 0 Å². The Kier molecular flexibility index (Phi) is 2.88. The minimum atomic E-state index is -4.99. The summed E-state index contributed by atoms with van der Waals surface area (Å²) in [6.45, 7) is 0.627. The lowest BCUT2D eigenvalue weighted by Crippen LogP contribution is -2.48. The van der Waals surface area contributed by atoms with Gasteiger partial charge in [-0.3, -0.25) is 0 Å². The Hall–Kier alpha value is -0.320. The highest BCUT2D eigenvalue weighted by atomic mass is 19.4. The van der Waals surface area contributed by atoms with Gasteiger partial charge >= 0.3 is 6.18 Å². The molecule has 1 unspecified atom stereocenters. The normalized spacial score (nSPS) is 18.5. The third-order valence-electron chi connectivity index (χ3n) is 1.62. The van der Waals surface area contributed by atoms with Crippen molar-refractivity contribution < 1.29 is 22.7 Å². The Labute approximate surface area is 62.0 Å². The topological polar surface area (TPSA) is 20.2 Å². The third-order valence-corrected chi connectivity index (χ3v) is 1.62. The molecule has 0 amide bonds. The molecule has 0 aromatic rings. The van der Waals surface area contributed by atoms with Crippen LogP contribution in [0.2, 0.25) is 0 Å². The number of alkyl halides is 4. The lowest BCUT2D eigenvalue weighted by atomic mass is 9.93. The van der Waals surface area contributed by atoms with E-state index in [0.29, 0.717) is 0 Å². The van der Waals surface area contributed by atoms with Crippen LogP contribution in [0.25, 0.3) is 0 Å². The fourth-order valence-electron chi connectivity index (χ4n) is 0.600. The first-order chi connectivity index (χ1) is 4.75. The maximum absolute atomic E-state index is 12.8. The minimum Gasteiger partial charge on any atom is -0.393 e. The van der Waals surface area contributed by atoms with Crippen LogP contribution >= 0.6 is 0 Å². The molecule has 68 valence electrons. The first kappa shape index (κ1) is 10.7. The van der Waals surface area contributed by atoms with Crippen LogP contribution in [0.3, 0.4) is 0 Å². The van der Waals surface area contributed by atoms with Crippen LogP contribution in [0.1, 0.15) is 13.8 Å². The molecule has 0 fully saturated rings. The van der Waals surface area contributed by atoms with Crippen molar-refractivity contribution in [3.05, 3.63) is 0 Å². The summed E-state index contributed by atoms with van der Waals surface area (Å²) in [6.07, 6.45) is -4.99. The summed E-state index contributed by atoms with van der Waals surface area (Å²) in [4.78, 5) is 0. The number of hydrogen-bond donors (Lipinski definition) is 1. The molecule has 0 radical (unpaired) electrons. The lowest BCUT2D eigenvalue weighted by molar-refractivity contribution is -0.255. The zero-order valence-corrected chi connectivity index (χ0v) is 6.24. The van der Waals surface area contributed by atoms with Gasteiger partial charge in [0.05, 0.1) is 6.61 Å². The fourth-order valence-corrected chi connectivity index (χ4v) is 0.600. The molecule has 0 saturated heterocycles. The summed E-state index contributed by atoms with van der Waals surface area (Å²) in [5.74, 6) is -1.27. The Balaban J connectivity index is 4.61. The van der Waals surface area contributed by atoms with E-state index in [1.165, 1.54) is 0 Å². The van der Waals surface area contributed by atoms with Crippen LogP contribution in [0.5, 0.6) is 0 Å². The monoisotopic (exact) mass is 174 g/mol. The Morgan fingerprint density at radius 3 is 1.55 bits per heavy atom. The fraction of sp³-hybridized carbons (Fsp3) is 1.00. The quantitative estimate of drug-likeness (QED) is 0.634. The van der Waals surface area contributed by atoms with Crippen LogP contribution in [0, 0.1) is 5.92 Å². The molecule has 0 aromatic carbocycles. The van der Waals surface area contributed by atoms with E-state index in [9.17, 15) is 17.6 Å². The van der Waals surface area contributed by atoms with E-state index < -0.39 is 24.4 Å². The van der Waals surface area contributed by atoms with Gasteiger partial charge in [0.25, 0.3) is 0 Å². The van der Waals surface area contributed by atoms with Crippen molar-refractivity contribution in [3.63, 3.8) is 0 Å². The van der Waals surface area contributed by atoms with Crippen molar-refractivity contribution in [2.24, 2.45) is 5.92 Å². The van der Waals surface area contributed by atoms with Crippen molar-refractivity contribution >= 4 is 0 Å².